The molecule has 1 N–H and O–H groups in total. The van der Waals surface area contributed by atoms with Crippen LogP contribution in [0.5, 0.6) is 0 Å². The van der Waals surface area contributed by atoms with Crippen molar-refractivity contribution < 1.29 is 9.53 Å². The van der Waals surface area contributed by atoms with E-state index in [1.165, 1.54) is 0 Å². The number of anilines is 1. The molecule has 1 saturated heterocycles. The van der Waals surface area contributed by atoms with Crippen LogP contribution in [0.3, 0.4) is 0 Å². The highest BCUT2D eigenvalue weighted by Crippen LogP contribution is 2.49. The summed E-state index contributed by atoms with van der Waals surface area (Å²) < 4.78 is 5.46. The molecule has 2 aliphatic rings. The molecule has 0 unspecified atom stereocenters. The molecule has 84 valence electrons. The number of carbonyl (C=O) groups is 1. The van der Waals surface area contributed by atoms with E-state index < -0.39 is 0 Å². The van der Waals surface area contributed by atoms with E-state index in [9.17, 15) is 4.79 Å². The fourth-order valence-corrected chi connectivity index (χ4v) is 2.55. The van der Waals surface area contributed by atoms with Crippen molar-refractivity contribution in [2.75, 3.05) is 11.9 Å². The Labute approximate surface area is 94.8 Å². The van der Waals surface area contributed by atoms with Gasteiger partial charge in [0.05, 0.1) is 12.0 Å². The molecule has 0 radical (unpaired) electrons. The van der Waals surface area contributed by atoms with Crippen LogP contribution in [0.15, 0.2) is 24.3 Å². The van der Waals surface area contributed by atoms with Crippen LogP contribution in [-0.2, 0) is 9.53 Å². The summed E-state index contributed by atoms with van der Waals surface area (Å²) in [5, 5.41) is 2.95. The van der Waals surface area contributed by atoms with E-state index in [1.807, 2.05) is 31.2 Å². The molecule has 1 aromatic rings. The maximum atomic E-state index is 11.9. The predicted molar refractivity (Wildman–Crippen MR) is 61.1 cm³/mol. The number of nitrogens with one attached hydrogen (secondary N) is 1. The molecule has 1 aliphatic heterocycles. The van der Waals surface area contributed by atoms with Crippen molar-refractivity contribution in [3.63, 3.8) is 0 Å². The third-order valence-electron chi connectivity index (χ3n) is 3.45. The van der Waals surface area contributed by atoms with Crippen LogP contribution >= 0.6 is 0 Å². The van der Waals surface area contributed by atoms with Gasteiger partial charge in [0.1, 0.15) is 0 Å². The number of benzene rings is 1. The van der Waals surface area contributed by atoms with Crippen LogP contribution in [0.1, 0.15) is 12.0 Å². The minimum absolute atomic E-state index is 0.0919. The second kappa shape index (κ2) is 3.59. The van der Waals surface area contributed by atoms with Gasteiger partial charge in [0.2, 0.25) is 5.91 Å². The van der Waals surface area contributed by atoms with Gasteiger partial charge in [-0.15, -0.1) is 0 Å². The van der Waals surface area contributed by atoms with Crippen molar-refractivity contribution in [1.29, 1.82) is 0 Å². The lowest BCUT2D eigenvalue weighted by atomic mass is 10.2. The van der Waals surface area contributed by atoms with E-state index in [0.29, 0.717) is 5.92 Å². The van der Waals surface area contributed by atoms with Crippen molar-refractivity contribution >= 4 is 11.6 Å². The Morgan fingerprint density at radius 1 is 1.50 bits per heavy atom. The zero-order chi connectivity index (χ0) is 11.1. The third-order valence-corrected chi connectivity index (χ3v) is 3.45. The van der Waals surface area contributed by atoms with Gasteiger partial charge in [-0.25, -0.2) is 0 Å². The lowest BCUT2D eigenvalue weighted by Crippen LogP contribution is -2.18. The highest BCUT2D eigenvalue weighted by Gasteiger charge is 2.58. The molecular weight excluding hydrogens is 202 g/mol. The maximum Gasteiger partial charge on any atom is 0.230 e. The minimum atomic E-state index is 0.0919. The van der Waals surface area contributed by atoms with Gasteiger partial charge in [-0.05, 0) is 31.0 Å². The van der Waals surface area contributed by atoms with Gasteiger partial charge >= 0.3 is 0 Å². The van der Waals surface area contributed by atoms with Gasteiger partial charge in [0.25, 0.3) is 0 Å². The second-order valence-electron chi connectivity index (χ2n) is 4.67. The van der Waals surface area contributed by atoms with Gasteiger partial charge in [-0.3, -0.25) is 4.79 Å². The SMILES string of the molecule is Cc1cccc(NC(=O)[C@@H]2[C@H]3CCO[C@H]32)c1. The highest BCUT2D eigenvalue weighted by molar-refractivity contribution is 5.95. The van der Waals surface area contributed by atoms with E-state index in [1.54, 1.807) is 0 Å². The first-order chi connectivity index (χ1) is 7.75. The largest absolute Gasteiger partial charge is 0.377 e. The summed E-state index contributed by atoms with van der Waals surface area (Å²) in [6.07, 6.45) is 1.24. The Hall–Kier alpha value is -1.35. The van der Waals surface area contributed by atoms with Crippen molar-refractivity contribution in [2.45, 2.75) is 19.4 Å². The molecule has 1 heterocycles. The number of hydrogen-bond acceptors (Lipinski definition) is 2. The number of aryl methyl sites for hydroxylation is 1. The molecule has 3 nitrogen and oxygen atoms in total. The Balaban J connectivity index is 1.65. The molecule has 3 atom stereocenters. The average Bonchev–Trinajstić information content (AvgIpc) is 2.73. The molecule has 2 fully saturated rings. The molecule has 16 heavy (non-hydrogen) atoms. The summed E-state index contributed by atoms with van der Waals surface area (Å²) in [5.41, 5.74) is 2.04. The van der Waals surface area contributed by atoms with Crippen LogP contribution in [0, 0.1) is 18.8 Å². The number of ether oxygens (including phenoxy) is 1. The minimum Gasteiger partial charge on any atom is -0.377 e. The van der Waals surface area contributed by atoms with E-state index >= 15 is 0 Å². The van der Waals surface area contributed by atoms with Crippen molar-refractivity contribution in [1.82, 2.24) is 0 Å². The number of amides is 1. The molecule has 1 amide bonds. The summed E-state index contributed by atoms with van der Waals surface area (Å²) in [4.78, 5) is 11.9. The molecule has 3 rings (SSSR count). The highest BCUT2D eigenvalue weighted by atomic mass is 16.5. The van der Waals surface area contributed by atoms with Crippen LogP contribution in [0.25, 0.3) is 0 Å². The standard InChI is InChI=1S/C13H15NO2/c1-8-3-2-4-9(7-8)14-13(15)11-10-5-6-16-12(10)11/h2-4,7,10-12H,5-6H2,1H3,(H,14,15)/t10-,11-,12-/m1/s1. The van der Waals surface area contributed by atoms with Crippen molar-refractivity contribution in [3.8, 4) is 0 Å². The first-order valence-corrected chi connectivity index (χ1v) is 5.75. The van der Waals surface area contributed by atoms with Crippen molar-refractivity contribution in [3.05, 3.63) is 29.8 Å². The number of rotatable bonds is 2. The lowest BCUT2D eigenvalue weighted by molar-refractivity contribution is -0.118. The summed E-state index contributed by atoms with van der Waals surface area (Å²) in [6.45, 7) is 2.84. The fraction of sp³-hybridized carbons (Fsp3) is 0.462. The summed E-state index contributed by atoms with van der Waals surface area (Å²) in [5.74, 6) is 0.680. The van der Waals surface area contributed by atoms with E-state index in [0.717, 1.165) is 24.3 Å². The Bertz CT molecular complexity index is 420. The van der Waals surface area contributed by atoms with E-state index in [-0.39, 0.29) is 17.9 Å². The Morgan fingerprint density at radius 3 is 3.06 bits per heavy atom. The number of fused-ring (bicyclic) bond motifs is 1. The molecule has 3 heteroatoms. The molecule has 1 saturated carbocycles. The van der Waals surface area contributed by atoms with Gasteiger partial charge < -0.3 is 10.1 Å². The topological polar surface area (TPSA) is 38.3 Å². The first kappa shape index (κ1) is 9.85. The first-order valence-electron chi connectivity index (χ1n) is 5.75. The number of carbonyl (C=O) groups excluding carboxylic acids is 1. The summed E-state index contributed by atoms with van der Waals surface area (Å²) in [7, 11) is 0. The number of hydrogen-bond donors (Lipinski definition) is 1. The zero-order valence-corrected chi connectivity index (χ0v) is 9.27. The predicted octanol–water partition coefficient (Wildman–Crippen LogP) is 1.97. The van der Waals surface area contributed by atoms with Crippen molar-refractivity contribution in [2.24, 2.45) is 11.8 Å². The van der Waals surface area contributed by atoms with Crippen LogP contribution < -0.4 is 5.32 Å². The monoisotopic (exact) mass is 217 g/mol. The Kier molecular flexibility index (Phi) is 2.21. The van der Waals surface area contributed by atoms with Gasteiger partial charge in [0.15, 0.2) is 0 Å². The average molecular weight is 217 g/mol. The molecule has 0 spiro atoms. The normalized spacial score (nSPS) is 30.9. The lowest BCUT2D eigenvalue weighted by Gasteiger charge is -2.07. The summed E-state index contributed by atoms with van der Waals surface area (Å²) >= 11 is 0. The summed E-state index contributed by atoms with van der Waals surface area (Å²) in [6, 6.07) is 7.88. The zero-order valence-electron chi connectivity index (χ0n) is 9.27. The van der Waals surface area contributed by atoms with E-state index in [2.05, 4.69) is 5.32 Å². The second-order valence-corrected chi connectivity index (χ2v) is 4.67. The third kappa shape index (κ3) is 1.61. The van der Waals surface area contributed by atoms with Crippen LogP contribution in [-0.4, -0.2) is 18.6 Å². The Morgan fingerprint density at radius 2 is 2.38 bits per heavy atom. The van der Waals surface area contributed by atoms with E-state index in [4.69, 9.17) is 4.74 Å². The van der Waals surface area contributed by atoms with Crippen LogP contribution in [0.2, 0.25) is 0 Å². The smallest absolute Gasteiger partial charge is 0.230 e. The van der Waals surface area contributed by atoms with Gasteiger partial charge in [0, 0.05) is 18.2 Å². The van der Waals surface area contributed by atoms with Crippen LogP contribution in [0.4, 0.5) is 5.69 Å². The maximum absolute atomic E-state index is 11.9. The fourth-order valence-electron chi connectivity index (χ4n) is 2.55. The molecular formula is C13H15NO2. The molecule has 0 bridgehead atoms. The quantitative estimate of drug-likeness (QED) is 0.822. The molecule has 0 aromatic heterocycles. The van der Waals surface area contributed by atoms with Gasteiger partial charge in [-0.2, -0.15) is 0 Å². The molecule has 1 aliphatic carbocycles. The van der Waals surface area contributed by atoms with Gasteiger partial charge in [-0.1, -0.05) is 12.1 Å². The molecule has 1 aromatic carbocycles.